The number of benzene rings is 2. The summed E-state index contributed by atoms with van der Waals surface area (Å²) < 4.78 is 0. The molecule has 1 aliphatic rings. The van der Waals surface area contributed by atoms with Crippen LogP contribution in [0.2, 0.25) is 0 Å². The van der Waals surface area contributed by atoms with E-state index in [1.165, 1.54) is 22.4 Å². The molecule has 0 bridgehead atoms. The van der Waals surface area contributed by atoms with E-state index in [4.69, 9.17) is 0 Å². The van der Waals surface area contributed by atoms with Crippen molar-refractivity contribution < 1.29 is 5.11 Å². The Kier molecular flexibility index (Phi) is 7.50. The van der Waals surface area contributed by atoms with Gasteiger partial charge in [0.1, 0.15) is 6.04 Å². The lowest BCUT2D eigenvalue weighted by atomic mass is 9.82. The van der Waals surface area contributed by atoms with Crippen molar-refractivity contribution in [1.29, 1.82) is 0 Å². The maximum Gasteiger partial charge on any atom is 0.118 e. The highest BCUT2D eigenvalue weighted by Gasteiger charge is 2.24. The molecule has 1 aromatic heterocycles. The molecular formula is C28H33N3O2. The van der Waals surface area contributed by atoms with E-state index in [2.05, 4.69) is 70.5 Å². The second-order valence-electron chi connectivity index (χ2n) is 9.20. The zero-order valence-electron chi connectivity index (χ0n) is 19.5. The van der Waals surface area contributed by atoms with Gasteiger partial charge in [-0.2, -0.15) is 4.91 Å². The molecule has 33 heavy (non-hydrogen) atoms. The van der Waals surface area contributed by atoms with E-state index in [0.717, 1.165) is 37.2 Å². The maximum atomic E-state index is 11.9. The van der Waals surface area contributed by atoms with E-state index < -0.39 is 6.04 Å². The molecule has 2 atom stereocenters. The molecule has 1 aliphatic heterocycles. The highest BCUT2D eigenvalue weighted by atomic mass is 16.3. The van der Waals surface area contributed by atoms with Gasteiger partial charge in [0, 0.05) is 43.2 Å². The number of pyridine rings is 1. The molecule has 0 amide bonds. The number of aryl methyl sites for hydroxylation is 2. The first-order valence-electron chi connectivity index (χ1n) is 11.9. The summed E-state index contributed by atoms with van der Waals surface area (Å²) in [5.74, 6) is 0.493. The van der Waals surface area contributed by atoms with E-state index in [1.807, 2.05) is 19.1 Å². The van der Waals surface area contributed by atoms with Gasteiger partial charge < -0.3 is 10.0 Å². The van der Waals surface area contributed by atoms with Gasteiger partial charge in [-0.15, -0.1) is 0 Å². The molecule has 172 valence electrons. The monoisotopic (exact) mass is 443 g/mol. The van der Waals surface area contributed by atoms with Gasteiger partial charge in [0.15, 0.2) is 0 Å². The van der Waals surface area contributed by atoms with Crippen molar-refractivity contribution in [2.75, 3.05) is 24.6 Å². The van der Waals surface area contributed by atoms with Gasteiger partial charge in [-0.05, 0) is 85.5 Å². The molecule has 0 aliphatic carbocycles. The van der Waals surface area contributed by atoms with Crippen molar-refractivity contribution in [3.63, 3.8) is 0 Å². The fraction of sp³-hybridized carbons (Fsp3) is 0.393. The van der Waals surface area contributed by atoms with Crippen molar-refractivity contribution in [2.24, 2.45) is 11.1 Å². The average Bonchev–Trinajstić information content (AvgIpc) is 2.86. The topological polar surface area (TPSA) is 65.8 Å². The smallest absolute Gasteiger partial charge is 0.118 e. The number of piperidine rings is 1. The molecule has 1 N–H and O–H groups in total. The minimum atomic E-state index is -0.437. The van der Waals surface area contributed by atoms with Crippen LogP contribution in [0.25, 0.3) is 0 Å². The van der Waals surface area contributed by atoms with Gasteiger partial charge >= 0.3 is 0 Å². The van der Waals surface area contributed by atoms with Crippen LogP contribution < -0.4 is 4.90 Å². The molecule has 1 saturated heterocycles. The number of nitroso groups, excluding NO2 is 1. The summed E-state index contributed by atoms with van der Waals surface area (Å²) in [6, 6.07) is 20.6. The predicted molar refractivity (Wildman–Crippen MR) is 134 cm³/mol. The third-order valence-corrected chi connectivity index (χ3v) is 6.99. The number of aliphatic hydroxyl groups is 1. The Morgan fingerprint density at radius 2 is 1.76 bits per heavy atom. The molecule has 1 fully saturated rings. The summed E-state index contributed by atoms with van der Waals surface area (Å²) in [6.07, 6.45) is 4.42. The Morgan fingerprint density at radius 3 is 2.39 bits per heavy atom. The molecule has 1 unspecified atom stereocenters. The molecule has 3 aromatic rings. The van der Waals surface area contributed by atoms with Crippen LogP contribution in [0.1, 0.15) is 59.2 Å². The third kappa shape index (κ3) is 5.48. The van der Waals surface area contributed by atoms with Crippen molar-refractivity contribution in [1.82, 2.24) is 4.98 Å². The number of hydrogen-bond donors (Lipinski definition) is 1. The van der Waals surface area contributed by atoms with Crippen LogP contribution >= 0.6 is 0 Å². The summed E-state index contributed by atoms with van der Waals surface area (Å²) in [5.41, 5.74) is 6.66. The lowest BCUT2D eigenvalue weighted by Crippen LogP contribution is -2.34. The molecule has 0 spiro atoms. The van der Waals surface area contributed by atoms with Crippen LogP contribution in [0.4, 0.5) is 5.69 Å². The highest BCUT2D eigenvalue weighted by molar-refractivity contribution is 5.50. The third-order valence-electron chi connectivity index (χ3n) is 6.99. The summed E-state index contributed by atoms with van der Waals surface area (Å²) in [5, 5.41) is 12.9. The first-order valence-corrected chi connectivity index (χ1v) is 11.9. The second kappa shape index (κ2) is 10.7. The summed E-state index contributed by atoms with van der Waals surface area (Å²) in [7, 11) is 0. The molecule has 0 saturated carbocycles. The van der Waals surface area contributed by atoms with Gasteiger partial charge in [-0.25, -0.2) is 0 Å². The molecular weight excluding hydrogens is 410 g/mol. The van der Waals surface area contributed by atoms with Crippen LogP contribution in [-0.4, -0.2) is 29.8 Å². The van der Waals surface area contributed by atoms with E-state index in [1.54, 1.807) is 6.20 Å². The number of aromatic nitrogens is 1. The quantitative estimate of drug-likeness (QED) is 0.438. The Balaban J connectivity index is 1.61. The van der Waals surface area contributed by atoms with E-state index in [-0.39, 0.29) is 12.5 Å². The Hall–Kier alpha value is -3.05. The first kappa shape index (κ1) is 23.1. The normalized spacial score (nSPS) is 16.4. The van der Waals surface area contributed by atoms with Gasteiger partial charge in [0.2, 0.25) is 0 Å². The van der Waals surface area contributed by atoms with Crippen LogP contribution in [0.3, 0.4) is 0 Å². The van der Waals surface area contributed by atoms with Gasteiger partial charge in [-0.3, -0.25) is 4.98 Å². The molecule has 2 aromatic carbocycles. The molecule has 2 heterocycles. The fourth-order valence-corrected chi connectivity index (χ4v) is 4.95. The van der Waals surface area contributed by atoms with Crippen molar-refractivity contribution in [2.45, 2.75) is 45.1 Å². The van der Waals surface area contributed by atoms with Crippen molar-refractivity contribution in [3.8, 4) is 0 Å². The second-order valence-corrected chi connectivity index (χ2v) is 9.20. The zero-order valence-corrected chi connectivity index (χ0v) is 19.5. The number of nitrogens with zero attached hydrogens (tertiary/aromatic N) is 3. The first-order chi connectivity index (χ1) is 16.1. The van der Waals surface area contributed by atoms with Crippen molar-refractivity contribution >= 4 is 5.69 Å². The zero-order chi connectivity index (χ0) is 23.2. The Bertz CT molecular complexity index is 1060. The van der Waals surface area contributed by atoms with Gasteiger partial charge in [-0.1, -0.05) is 41.6 Å². The van der Waals surface area contributed by atoms with Gasteiger partial charge in [0.25, 0.3) is 0 Å². The summed E-state index contributed by atoms with van der Waals surface area (Å²) in [4.78, 5) is 18.6. The Morgan fingerprint density at radius 1 is 1.03 bits per heavy atom. The number of aliphatic hydroxyl groups excluding tert-OH is 1. The lowest BCUT2D eigenvalue weighted by Gasteiger charge is -2.33. The van der Waals surface area contributed by atoms with E-state index in [9.17, 15) is 10.0 Å². The fourth-order valence-electron chi connectivity index (χ4n) is 4.95. The molecule has 4 rings (SSSR count). The van der Waals surface area contributed by atoms with Crippen LogP contribution in [0, 0.1) is 24.7 Å². The minimum absolute atomic E-state index is 0.0662. The predicted octanol–water partition coefficient (Wildman–Crippen LogP) is 5.94. The Labute approximate surface area is 196 Å². The van der Waals surface area contributed by atoms with E-state index in [0.29, 0.717) is 12.3 Å². The highest BCUT2D eigenvalue weighted by Crippen LogP contribution is 2.38. The largest absolute Gasteiger partial charge is 0.396 e. The molecule has 0 radical (unpaired) electrons. The summed E-state index contributed by atoms with van der Waals surface area (Å²) in [6.45, 7) is 6.30. The number of anilines is 1. The summed E-state index contributed by atoms with van der Waals surface area (Å²) >= 11 is 0. The number of hydrogen-bond acceptors (Lipinski definition) is 5. The maximum absolute atomic E-state index is 11.9. The van der Waals surface area contributed by atoms with Crippen LogP contribution in [0.5, 0.6) is 0 Å². The van der Waals surface area contributed by atoms with Crippen LogP contribution in [-0.2, 0) is 0 Å². The minimum Gasteiger partial charge on any atom is -0.396 e. The molecule has 5 nitrogen and oxygen atoms in total. The number of rotatable bonds is 8. The van der Waals surface area contributed by atoms with E-state index >= 15 is 0 Å². The standard InChI is InChI=1S/C28H33N3O2/c1-20-5-3-4-6-26(20)27(18-28(30-33)24-11-14-29-21(2)17-24)23-7-9-25(10-8-23)31-15-12-22(19-32)13-16-31/h3-11,14,17,22,27-28,32H,12-13,15-16,18-19H2,1-2H3/t27-,28?/m1/s1. The average molecular weight is 444 g/mol. The molecule has 5 heteroatoms. The SMILES string of the molecule is Cc1cc(C(C[C@H](c2ccc(N3CCC(CO)CC3)cc2)c2ccccc2C)N=O)ccn1. The van der Waals surface area contributed by atoms with Gasteiger partial charge in [0.05, 0.1) is 0 Å². The van der Waals surface area contributed by atoms with Crippen molar-refractivity contribution in [3.05, 3.63) is 99.7 Å². The van der Waals surface area contributed by atoms with Crippen LogP contribution in [0.15, 0.2) is 72.0 Å². The lowest BCUT2D eigenvalue weighted by molar-refractivity contribution is 0.203.